The zero-order chi connectivity index (χ0) is 13.0. The van der Waals surface area contributed by atoms with E-state index in [4.69, 9.17) is 37.9 Å². The van der Waals surface area contributed by atoms with Gasteiger partial charge in [-0.3, -0.25) is 4.79 Å². The molecule has 0 spiro atoms. The second kappa shape index (κ2) is 5.76. The number of carbonyl (C=O) groups is 1. The van der Waals surface area contributed by atoms with Crippen LogP contribution in [0.25, 0.3) is 0 Å². The monoisotopic (exact) mass is 273 g/mol. The Balaban J connectivity index is 3.43. The van der Waals surface area contributed by atoms with Crippen molar-refractivity contribution in [1.82, 2.24) is 0 Å². The Labute approximate surface area is 109 Å². The molecule has 0 aromatic heterocycles. The molecular formula is C11H9Cl2NO3. The zero-order valence-electron chi connectivity index (χ0n) is 9.21. The average Bonchev–Trinajstić information content (AvgIpc) is 2.25. The first kappa shape index (κ1) is 13.6. The molecule has 0 saturated carbocycles. The van der Waals surface area contributed by atoms with Gasteiger partial charge in [0.1, 0.15) is 11.6 Å². The van der Waals surface area contributed by atoms with Crippen LogP contribution >= 0.6 is 23.2 Å². The summed E-state index contributed by atoms with van der Waals surface area (Å²) in [6, 6.07) is 3.24. The lowest BCUT2D eigenvalue weighted by Gasteiger charge is -2.12. The second-order valence-corrected chi connectivity index (χ2v) is 3.80. The number of hydrogen-bond donors (Lipinski definition) is 0. The number of esters is 1. The van der Waals surface area contributed by atoms with E-state index >= 15 is 0 Å². The summed E-state index contributed by atoms with van der Waals surface area (Å²) in [6.07, 6.45) is 0. The highest BCUT2D eigenvalue weighted by molar-refractivity contribution is 6.43. The van der Waals surface area contributed by atoms with E-state index in [2.05, 4.69) is 0 Å². The molecule has 0 N–H and O–H groups in total. The number of rotatable bonds is 3. The fraction of sp³-hybridized carbons (Fsp3) is 0.273. The largest absolute Gasteiger partial charge is 0.490 e. The highest BCUT2D eigenvalue weighted by Crippen LogP contribution is 2.40. The lowest BCUT2D eigenvalue weighted by Crippen LogP contribution is -2.06. The number of ether oxygens (including phenoxy) is 2. The minimum absolute atomic E-state index is 0.00347. The van der Waals surface area contributed by atoms with Gasteiger partial charge in [-0.2, -0.15) is 5.26 Å². The molecule has 4 nitrogen and oxygen atoms in total. The standard InChI is InChI=1S/C11H9Cl2NO3/c1-3-16-9-4-8(12)10(13)7(5-14)11(9)17-6(2)15/h4H,3H2,1-2H3. The Kier molecular flexibility index (Phi) is 4.62. The molecule has 90 valence electrons. The lowest BCUT2D eigenvalue weighted by atomic mass is 10.2. The van der Waals surface area contributed by atoms with Crippen molar-refractivity contribution in [3.63, 3.8) is 0 Å². The van der Waals surface area contributed by atoms with Gasteiger partial charge in [0.15, 0.2) is 11.5 Å². The van der Waals surface area contributed by atoms with E-state index in [1.807, 2.05) is 6.07 Å². The molecule has 1 aromatic carbocycles. The maximum absolute atomic E-state index is 11.0. The van der Waals surface area contributed by atoms with Crippen LogP contribution in [-0.4, -0.2) is 12.6 Å². The Hall–Kier alpha value is -1.44. The van der Waals surface area contributed by atoms with Gasteiger partial charge >= 0.3 is 5.97 Å². The molecule has 1 rings (SSSR count). The van der Waals surface area contributed by atoms with Crippen LogP contribution in [0.5, 0.6) is 11.5 Å². The average molecular weight is 274 g/mol. The van der Waals surface area contributed by atoms with Crippen LogP contribution in [0.2, 0.25) is 10.0 Å². The SMILES string of the molecule is CCOc1cc(Cl)c(Cl)c(C#N)c1OC(C)=O. The maximum atomic E-state index is 11.0. The highest BCUT2D eigenvalue weighted by Gasteiger charge is 2.20. The van der Waals surface area contributed by atoms with Crippen molar-refractivity contribution < 1.29 is 14.3 Å². The van der Waals surface area contributed by atoms with Crippen LogP contribution in [-0.2, 0) is 4.79 Å². The summed E-state index contributed by atoms with van der Waals surface area (Å²) in [5, 5.41) is 9.19. The Morgan fingerprint density at radius 1 is 1.53 bits per heavy atom. The van der Waals surface area contributed by atoms with Crippen molar-refractivity contribution in [2.75, 3.05) is 6.61 Å². The number of nitriles is 1. The summed E-state index contributed by atoms with van der Waals surface area (Å²) in [6.45, 7) is 3.32. The van der Waals surface area contributed by atoms with Crippen LogP contribution in [0.3, 0.4) is 0 Å². The third kappa shape index (κ3) is 3.02. The van der Waals surface area contributed by atoms with Crippen LogP contribution in [0.1, 0.15) is 19.4 Å². The van der Waals surface area contributed by atoms with E-state index in [-0.39, 0.29) is 27.1 Å². The molecule has 0 aliphatic rings. The minimum atomic E-state index is -0.569. The quantitative estimate of drug-likeness (QED) is 0.627. The number of hydrogen-bond acceptors (Lipinski definition) is 4. The van der Waals surface area contributed by atoms with Crippen molar-refractivity contribution in [2.24, 2.45) is 0 Å². The van der Waals surface area contributed by atoms with Crippen molar-refractivity contribution >= 4 is 29.2 Å². The molecule has 6 heteroatoms. The van der Waals surface area contributed by atoms with Gasteiger partial charge in [0.2, 0.25) is 0 Å². The van der Waals surface area contributed by atoms with Crippen LogP contribution < -0.4 is 9.47 Å². The third-order valence-electron chi connectivity index (χ3n) is 1.80. The molecular weight excluding hydrogens is 265 g/mol. The van der Waals surface area contributed by atoms with Crippen molar-refractivity contribution in [1.29, 1.82) is 5.26 Å². The third-order valence-corrected chi connectivity index (χ3v) is 2.58. The second-order valence-electron chi connectivity index (χ2n) is 3.01. The van der Waals surface area contributed by atoms with Crippen LogP contribution in [0.15, 0.2) is 6.07 Å². The molecule has 0 saturated heterocycles. The minimum Gasteiger partial charge on any atom is -0.490 e. The topological polar surface area (TPSA) is 59.3 Å². The highest BCUT2D eigenvalue weighted by atomic mass is 35.5. The molecule has 17 heavy (non-hydrogen) atoms. The van der Waals surface area contributed by atoms with Crippen molar-refractivity contribution in [3.8, 4) is 17.6 Å². The molecule has 0 radical (unpaired) electrons. The molecule has 0 fully saturated rings. The molecule has 0 bridgehead atoms. The predicted octanol–water partition coefficient (Wildman–Crippen LogP) is 3.19. The van der Waals surface area contributed by atoms with Gasteiger partial charge in [0.05, 0.1) is 16.7 Å². The first-order valence-corrected chi connectivity index (χ1v) is 5.50. The zero-order valence-corrected chi connectivity index (χ0v) is 10.7. The van der Waals surface area contributed by atoms with E-state index in [9.17, 15) is 4.79 Å². The maximum Gasteiger partial charge on any atom is 0.308 e. The van der Waals surface area contributed by atoms with Gasteiger partial charge < -0.3 is 9.47 Å². The lowest BCUT2D eigenvalue weighted by molar-refractivity contribution is -0.132. The number of carbonyl (C=O) groups excluding carboxylic acids is 1. The molecule has 0 aliphatic heterocycles. The van der Waals surface area contributed by atoms with Crippen LogP contribution in [0, 0.1) is 11.3 Å². The van der Waals surface area contributed by atoms with Gasteiger partial charge in [-0.05, 0) is 6.92 Å². The first-order valence-electron chi connectivity index (χ1n) is 4.74. The van der Waals surface area contributed by atoms with Crippen LogP contribution in [0.4, 0.5) is 0 Å². The van der Waals surface area contributed by atoms with E-state index in [0.29, 0.717) is 6.61 Å². The first-order chi connectivity index (χ1) is 8.01. The number of benzene rings is 1. The molecule has 0 atom stereocenters. The Morgan fingerprint density at radius 2 is 2.18 bits per heavy atom. The van der Waals surface area contributed by atoms with Gasteiger partial charge in [0.25, 0.3) is 0 Å². The fourth-order valence-corrected chi connectivity index (χ4v) is 1.57. The van der Waals surface area contributed by atoms with Gasteiger partial charge in [-0.25, -0.2) is 0 Å². The Bertz CT molecular complexity index is 494. The molecule has 0 heterocycles. The summed E-state index contributed by atoms with van der Waals surface area (Å²) in [5.41, 5.74) is -0.0159. The van der Waals surface area contributed by atoms with E-state index in [1.54, 1.807) is 6.92 Å². The summed E-state index contributed by atoms with van der Waals surface area (Å²) >= 11 is 11.7. The predicted molar refractivity (Wildman–Crippen MR) is 63.7 cm³/mol. The molecule has 0 amide bonds. The molecule has 1 aromatic rings. The molecule has 0 unspecified atom stereocenters. The summed E-state index contributed by atoms with van der Waals surface area (Å²) < 4.78 is 10.2. The van der Waals surface area contributed by atoms with Crippen molar-refractivity contribution in [2.45, 2.75) is 13.8 Å². The smallest absolute Gasteiger partial charge is 0.308 e. The summed E-state index contributed by atoms with van der Waals surface area (Å²) in [4.78, 5) is 11.0. The van der Waals surface area contributed by atoms with E-state index in [1.165, 1.54) is 13.0 Å². The van der Waals surface area contributed by atoms with Crippen molar-refractivity contribution in [3.05, 3.63) is 21.7 Å². The number of halogens is 2. The van der Waals surface area contributed by atoms with E-state index in [0.717, 1.165) is 0 Å². The Morgan fingerprint density at radius 3 is 2.65 bits per heavy atom. The van der Waals surface area contributed by atoms with E-state index < -0.39 is 5.97 Å². The number of nitrogens with zero attached hydrogens (tertiary/aromatic N) is 1. The summed E-state index contributed by atoms with van der Waals surface area (Å²) in [5.74, 6) is -0.356. The molecule has 0 aliphatic carbocycles. The normalized spacial score (nSPS) is 9.59. The fourth-order valence-electron chi connectivity index (χ4n) is 1.19. The summed E-state index contributed by atoms with van der Waals surface area (Å²) in [7, 11) is 0. The van der Waals surface area contributed by atoms with Gasteiger partial charge in [-0.1, -0.05) is 23.2 Å². The van der Waals surface area contributed by atoms with Gasteiger partial charge in [-0.15, -0.1) is 0 Å². The van der Waals surface area contributed by atoms with Gasteiger partial charge in [0, 0.05) is 13.0 Å².